The van der Waals surface area contributed by atoms with Gasteiger partial charge in [-0.1, -0.05) is 116 Å². The van der Waals surface area contributed by atoms with Gasteiger partial charge in [-0.3, -0.25) is 18.4 Å². The number of rotatable bonds is 42. The minimum Gasteiger partial charge on any atom is -0.756 e. The minimum atomic E-state index is -6.01. The second kappa shape index (κ2) is 43.9. The number of phosphoric ester groups is 2. The highest BCUT2D eigenvalue weighted by atomic mass is 31.3. The van der Waals surface area contributed by atoms with E-state index >= 15 is 0 Å². The lowest BCUT2D eigenvalue weighted by atomic mass is 9.95. The maximum Gasteiger partial charge on any atom is 0.276 e. The molecule has 0 spiro atoms. The Morgan fingerprint density at radius 1 is 0.479 bits per heavy atom. The molecule has 3 heterocycles. The van der Waals surface area contributed by atoms with E-state index < -0.39 is 133 Å². The highest BCUT2D eigenvalue weighted by Gasteiger charge is 2.54. The Bertz CT molecular complexity index is 2730. The molecule has 94 heavy (non-hydrogen) atoms. The molecular formula is C70H115NO21P2-2. The second-order valence-electron chi connectivity index (χ2n) is 26.0. The van der Waals surface area contributed by atoms with E-state index in [-0.39, 0.29) is 0 Å². The van der Waals surface area contributed by atoms with Crippen LogP contribution in [0.3, 0.4) is 0 Å². The van der Waals surface area contributed by atoms with Crippen molar-refractivity contribution in [3.05, 3.63) is 116 Å². The summed E-state index contributed by atoms with van der Waals surface area (Å²) in [6, 6.07) is -1.87. The number of ether oxygens (including phenoxy) is 5. The van der Waals surface area contributed by atoms with Crippen LogP contribution in [0.15, 0.2) is 116 Å². The largest absolute Gasteiger partial charge is 0.756 e. The van der Waals surface area contributed by atoms with Gasteiger partial charge in [0.1, 0.15) is 67.1 Å². The van der Waals surface area contributed by atoms with Gasteiger partial charge in [0.25, 0.3) is 15.6 Å². The fourth-order valence-corrected chi connectivity index (χ4v) is 13.0. The van der Waals surface area contributed by atoms with Crippen LogP contribution in [-0.4, -0.2) is 159 Å². The standard InChI is InChI=1S/C70H117NO21P2/c1-45(2)23-14-24-46(3)25-15-26-47(4)27-16-28-48(5)29-17-30-49(6)31-18-32-50(7)33-19-34-51(8)35-20-36-52(9)37-21-38-53(10)39-22-40-54(11)41-42-85-93(81,82)92-94(83,84)91-68-59(71-56(13)74)67(60(76)58(44-73)87-68)90-69-63(79)61(77)65(55(12)86-69)88-70-64(80)62(78)66(89-70)57(75)43-72/h23,25,27,29,31,33,35,37,39,41,55,57-70,72-73,75-80H,14-22,24,26,28,30,32,34,36,38,40,42-44H2,1-13H3,(H,71,74)(H,81,82)(H,83,84)/p-2/b46-25+,47-27-,48-29-,49-31-,50-33-,51-35-,52-37-,53-39-,54-41-/t55-,57+,58+,59+,60+,61-,62+,63+,64+,65-,66-,67+,68+,69-,70+/m0/s1. The van der Waals surface area contributed by atoms with Gasteiger partial charge < -0.3 is 84.2 Å². The molecule has 2 unspecified atom stereocenters. The van der Waals surface area contributed by atoms with Crippen LogP contribution < -0.4 is 15.1 Å². The van der Waals surface area contributed by atoms with Crippen LogP contribution in [0.2, 0.25) is 0 Å². The molecule has 22 nitrogen and oxygen atoms in total. The zero-order chi connectivity index (χ0) is 70.3. The number of aliphatic hydroxyl groups excluding tert-OH is 8. The number of hydrogen-bond acceptors (Lipinski definition) is 21. The summed E-state index contributed by atoms with van der Waals surface area (Å²) in [6.45, 7) is 23.7. The van der Waals surface area contributed by atoms with Crippen molar-refractivity contribution in [1.82, 2.24) is 5.32 Å². The Hall–Kier alpha value is -3.39. The molecule has 0 aromatic rings. The van der Waals surface area contributed by atoms with Crippen molar-refractivity contribution in [2.45, 2.75) is 298 Å². The van der Waals surface area contributed by atoms with E-state index in [9.17, 15) is 64.6 Å². The van der Waals surface area contributed by atoms with Crippen molar-refractivity contribution in [3.8, 4) is 0 Å². The fourth-order valence-electron chi connectivity index (χ4n) is 11.0. The third kappa shape index (κ3) is 32.5. The average molecular weight is 1370 g/mol. The molecule has 3 saturated heterocycles. The average Bonchev–Trinajstić information content (AvgIpc) is 0.983. The first kappa shape index (κ1) is 84.8. The van der Waals surface area contributed by atoms with Crippen LogP contribution in [0.4, 0.5) is 0 Å². The Kier molecular flexibility index (Phi) is 39.6. The van der Waals surface area contributed by atoms with E-state index in [1.807, 2.05) is 0 Å². The molecule has 0 bridgehead atoms. The molecule has 0 saturated carbocycles. The van der Waals surface area contributed by atoms with E-state index in [0.29, 0.717) is 12.8 Å². The summed E-state index contributed by atoms with van der Waals surface area (Å²) in [7, 11) is -11.7. The van der Waals surface area contributed by atoms with E-state index in [1.54, 1.807) is 6.92 Å². The first-order valence-corrected chi connectivity index (χ1v) is 36.2. The number of nitrogens with one attached hydrogen (secondary N) is 1. The normalized spacial score (nSPS) is 29.1. The highest BCUT2D eigenvalue weighted by Crippen LogP contribution is 2.57. The molecule has 538 valence electrons. The number of amides is 1. The van der Waals surface area contributed by atoms with Crippen molar-refractivity contribution in [1.29, 1.82) is 0 Å². The molecule has 3 rings (SSSR count). The minimum absolute atomic E-state index is 0.553. The van der Waals surface area contributed by atoms with Gasteiger partial charge in [0, 0.05) is 6.92 Å². The number of allylic oxidation sites excluding steroid dienone is 19. The van der Waals surface area contributed by atoms with Gasteiger partial charge in [0.05, 0.1) is 25.9 Å². The SMILES string of the molecule is CC(=O)N[C@H]1[C@@H](OP(=O)([O-])OP(=O)([O-])OC/C=C(/C)CC/C=C(/C)CC/C=C(/C)CC/C=C(/C)CC/C=C(/C)CC/C=C(/C)CC/C=C(/C)CC/C=C(/C)CC/C=C(\C)CCC=C(C)C)O[C@H](CO)[C@@H](O)[C@@H]1O[C@@H]1O[C@@H](C)[C@H](O[C@@H]2O[C@@H]([C@H](O)CO)[C@H](O)[C@H]2O)[C@@H](O)[C@H]1O. The van der Waals surface area contributed by atoms with Gasteiger partial charge in [-0.15, -0.1) is 0 Å². The number of carbonyl (C=O) groups excluding carboxylic acids is 1. The molecule has 3 aliphatic heterocycles. The van der Waals surface area contributed by atoms with Crippen LogP contribution in [0.5, 0.6) is 0 Å². The smallest absolute Gasteiger partial charge is 0.276 e. The summed E-state index contributed by atoms with van der Waals surface area (Å²) in [5.41, 5.74) is 13.5. The van der Waals surface area contributed by atoms with E-state index in [0.717, 1.165) is 115 Å². The van der Waals surface area contributed by atoms with E-state index in [4.69, 9.17) is 32.7 Å². The van der Waals surface area contributed by atoms with E-state index in [1.165, 1.54) is 63.2 Å². The first-order chi connectivity index (χ1) is 44.3. The molecule has 0 aromatic heterocycles. The molecule has 3 aliphatic rings. The lowest BCUT2D eigenvalue weighted by Gasteiger charge is -2.48. The second-order valence-corrected chi connectivity index (χ2v) is 28.9. The molecule has 1 amide bonds. The summed E-state index contributed by atoms with van der Waals surface area (Å²) in [6.07, 6.45) is 16.1. The van der Waals surface area contributed by atoms with Gasteiger partial charge in [0.15, 0.2) is 18.9 Å². The van der Waals surface area contributed by atoms with Crippen molar-refractivity contribution in [2.75, 3.05) is 19.8 Å². The zero-order valence-corrected chi connectivity index (χ0v) is 59.9. The molecule has 3 fully saturated rings. The van der Waals surface area contributed by atoms with Gasteiger partial charge in [-0.2, -0.15) is 0 Å². The Labute approximate surface area is 560 Å². The van der Waals surface area contributed by atoms with Crippen LogP contribution in [0, 0.1) is 0 Å². The maximum atomic E-state index is 13.2. The van der Waals surface area contributed by atoms with Gasteiger partial charge >= 0.3 is 0 Å². The predicted molar refractivity (Wildman–Crippen MR) is 359 cm³/mol. The van der Waals surface area contributed by atoms with Crippen molar-refractivity contribution < 1.29 is 102 Å². The molecule has 17 atom stereocenters. The topological polar surface area (TPSA) is 345 Å². The van der Waals surface area contributed by atoms with E-state index in [2.05, 4.69) is 134 Å². The predicted octanol–water partition coefficient (Wildman–Crippen LogP) is 10.1. The Morgan fingerprint density at radius 2 is 0.840 bits per heavy atom. The van der Waals surface area contributed by atoms with Gasteiger partial charge in [-0.25, -0.2) is 4.31 Å². The summed E-state index contributed by atoms with van der Waals surface area (Å²) in [5, 5.41) is 85.8. The number of aliphatic hydroxyl groups is 8. The lowest BCUT2D eigenvalue weighted by molar-refractivity contribution is -0.352. The van der Waals surface area contributed by atoms with Crippen LogP contribution in [-0.2, 0) is 51.0 Å². The van der Waals surface area contributed by atoms with Crippen LogP contribution in [0.25, 0.3) is 0 Å². The maximum absolute atomic E-state index is 13.2. The molecule has 0 radical (unpaired) electrons. The molecule has 0 aliphatic carbocycles. The summed E-state index contributed by atoms with van der Waals surface area (Å²) in [4.78, 5) is 38.4. The van der Waals surface area contributed by atoms with Gasteiger partial charge in [-0.05, 0) is 199 Å². The zero-order valence-electron chi connectivity index (χ0n) is 58.1. The molecule has 9 N–H and O–H groups in total. The summed E-state index contributed by atoms with van der Waals surface area (Å²) >= 11 is 0. The number of carbonyl (C=O) groups is 1. The fraction of sp³-hybridized carbons (Fsp3) is 0.700. The van der Waals surface area contributed by atoms with Crippen molar-refractivity contribution >= 4 is 21.6 Å². The summed E-state index contributed by atoms with van der Waals surface area (Å²) < 4.78 is 68.0. The molecular weight excluding hydrogens is 1250 g/mol. The molecule has 24 heteroatoms. The van der Waals surface area contributed by atoms with Gasteiger partial charge in [0.2, 0.25) is 5.91 Å². The lowest BCUT2D eigenvalue weighted by Crippen LogP contribution is -2.68. The van der Waals surface area contributed by atoms with Crippen LogP contribution >= 0.6 is 15.6 Å². The highest BCUT2D eigenvalue weighted by molar-refractivity contribution is 7.59. The monoisotopic (exact) mass is 1370 g/mol. The molecule has 0 aromatic carbocycles. The van der Waals surface area contributed by atoms with Crippen LogP contribution in [0.1, 0.15) is 206 Å². The number of hydrogen-bond donors (Lipinski definition) is 9. The quantitative estimate of drug-likeness (QED) is 0.0203. The Morgan fingerprint density at radius 3 is 1.21 bits per heavy atom. The van der Waals surface area contributed by atoms with Crippen molar-refractivity contribution in [3.63, 3.8) is 0 Å². The third-order valence-corrected chi connectivity index (χ3v) is 19.4. The van der Waals surface area contributed by atoms with Crippen molar-refractivity contribution in [2.24, 2.45) is 0 Å². The Balaban J connectivity index is 1.38. The third-order valence-electron chi connectivity index (χ3n) is 16.8. The first-order valence-electron chi connectivity index (χ1n) is 33.3. The number of phosphoric acid groups is 2. The summed E-state index contributed by atoms with van der Waals surface area (Å²) in [5.74, 6) is -0.876.